The third-order valence-electron chi connectivity index (χ3n) is 6.05. The molecule has 2 aromatic carbocycles. The summed E-state index contributed by atoms with van der Waals surface area (Å²) in [6.45, 7) is 4.19. The fourth-order valence-electron chi connectivity index (χ4n) is 4.23. The van der Waals surface area contributed by atoms with Crippen molar-refractivity contribution in [3.05, 3.63) is 59.7 Å². The highest BCUT2D eigenvalue weighted by atomic mass is 32.2. The van der Waals surface area contributed by atoms with Crippen LogP contribution in [0.3, 0.4) is 0 Å². The van der Waals surface area contributed by atoms with Crippen molar-refractivity contribution >= 4 is 17.7 Å². The average Bonchev–Trinajstić information content (AvgIpc) is 3.22. The maximum Gasteiger partial charge on any atom is 0.220 e. The smallest absolute Gasteiger partial charge is 0.220 e. The molecule has 1 saturated carbocycles. The second-order valence-electron chi connectivity index (χ2n) is 8.65. The van der Waals surface area contributed by atoms with Crippen LogP contribution in [-0.4, -0.2) is 32.5 Å². The molecule has 1 aromatic heterocycles. The fourth-order valence-corrected chi connectivity index (χ4v) is 5.11. The summed E-state index contributed by atoms with van der Waals surface area (Å²) >= 11 is 1.67. The molecule has 0 spiro atoms. The van der Waals surface area contributed by atoms with E-state index in [2.05, 4.69) is 70.3 Å². The van der Waals surface area contributed by atoms with Crippen LogP contribution in [0.1, 0.15) is 56.1 Å². The van der Waals surface area contributed by atoms with Crippen LogP contribution in [0, 0.1) is 13.8 Å². The van der Waals surface area contributed by atoms with Gasteiger partial charge in [-0.1, -0.05) is 79.1 Å². The first-order valence-electron chi connectivity index (χ1n) is 11.6. The molecule has 0 atom stereocenters. The first-order chi connectivity index (χ1) is 15.6. The van der Waals surface area contributed by atoms with E-state index in [-0.39, 0.29) is 5.91 Å². The van der Waals surface area contributed by atoms with Gasteiger partial charge in [-0.3, -0.25) is 9.36 Å². The minimum absolute atomic E-state index is 0.179. The summed E-state index contributed by atoms with van der Waals surface area (Å²) in [5, 5.41) is 13.1. The van der Waals surface area contributed by atoms with Crippen LogP contribution in [0.15, 0.2) is 53.7 Å². The van der Waals surface area contributed by atoms with E-state index in [0.717, 1.165) is 47.2 Å². The van der Waals surface area contributed by atoms with E-state index in [4.69, 9.17) is 0 Å². The number of carbonyl (C=O) groups is 1. The Kier molecular flexibility index (Phi) is 7.63. The normalized spacial score (nSPS) is 14.4. The zero-order valence-electron chi connectivity index (χ0n) is 19.0. The molecular formula is C26H32N4OS. The van der Waals surface area contributed by atoms with Crippen LogP contribution >= 0.6 is 11.8 Å². The molecule has 0 unspecified atom stereocenters. The number of nitrogens with one attached hydrogen (secondary N) is 1. The summed E-state index contributed by atoms with van der Waals surface area (Å²) in [4.78, 5) is 12.3. The van der Waals surface area contributed by atoms with E-state index >= 15 is 0 Å². The maximum absolute atomic E-state index is 12.3. The van der Waals surface area contributed by atoms with Gasteiger partial charge in [-0.2, -0.15) is 0 Å². The van der Waals surface area contributed by atoms with Crippen LogP contribution < -0.4 is 5.32 Å². The third-order valence-corrected chi connectivity index (χ3v) is 7.06. The van der Waals surface area contributed by atoms with Crippen molar-refractivity contribution < 1.29 is 4.79 Å². The Bertz CT molecular complexity index is 1040. The molecule has 4 rings (SSSR count). The van der Waals surface area contributed by atoms with Gasteiger partial charge >= 0.3 is 0 Å². The van der Waals surface area contributed by atoms with Crippen molar-refractivity contribution in [1.82, 2.24) is 20.1 Å². The summed E-state index contributed by atoms with van der Waals surface area (Å²) in [5.74, 6) is 1.85. The lowest BCUT2D eigenvalue weighted by atomic mass is 9.95. The Morgan fingerprint density at radius 2 is 1.78 bits per heavy atom. The lowest BCUT2D eigenvalue weighted by Crippen LogP contribution is -2.36. The predicted octanol–water partition coefficient (Wildman–Crippen LogP) is 5.87. The van der Waals surface area contributed by atoms with Gasteiger partial charge in [0.1, 0.15) is 0 Å². The van der Waals surface area contributed by atoms with Gasteiger partial charge in [-0.25, -0.2) is 0 Å². The number of carbonyl (C=O) groups excluding carboxylic acids is 1. The second-order valence-corrected chi connectivity index (χ2v) is 9.71. The zero-order valence-corrected chi connectivity index (χ0v) is 19.8. The molecule has 0 bridgehead atoms. The molecule has 1 amide bonds. The van der Waals surface area contributed by atoms with Crippen molar-refractivity contribution in [3.63, 3.8) is 0 Å². The Morgan fingerprint density at radius 1 is 1.03 bits per heavy atom. The minimum atomic E-state index is 0.179. The van der Waals surface area contributed by atoms with E-state index in [9.17, 15) is 4.79 Å². The lowest BCUT2D eigenvalue weighted by molar-refractivity contribution is -0.122. The second kappa shape index (κ2) is 10.8. The molecule has 0 radical (unpaired) electrons. The van der Waals surface area contributed by atoms with E-state index in [1.54, 1.807) is 11.8 Å². The summed E-state index contributed by atoms with van der Waals surface area (Å²) in [6.07, 6.45) is 7.41. The molecule has 6 heteroatoms. The number of thioether (sulfide) groups is 1. The van der Waals surface area contributed by atoms with E-state index < -0.39 is 0 Å². The van der Waals surface area contributed by atoms with Crippen LogP contribution in [0.25, 0.3) is 17.1 Å². The molecule has 1 aliphatic carbocycles. The predicted molar refractivity (Wildman–Crippen MR) is 131 cm³/mol. The van der Waals surface area contributed by atoms with Gasteiger partial charge in [0, 0.05) is 23.8 Å². The van der Waals surface area contributed by atoms with Crippen molar-refractivity contribution in [2.75, 3.05) is 5.75 Å². The molecular weight excluding hydrogens is 416 g/mol. The first-order valence-corrected chi connectivity index (χ1v) is 12.6. The fraction of sp³-hybridized carbons (Fsp3) is 0.423. The molecule has 5 nitrogen and oxygen atoms in total. The summed E-state index contributed by atoms with van der Waals surface area (Å²) in [6, 6.07) is 17.1. The largest absolute Gasteiger partial charge is 0.353 e. The van der Waals surface area contributed by atoms with Crippen LogP contribution in [0.5, 0.6) is 0 Å². The van der Waals surface area contributed by atoms with Crippen molar-refractivity contribution in [2.24, 2.45) is 0 Å². The van der Waals surface area contributed by atoms with Gasteiger partial charge in [-0.15, -0.1) is 10.2 Å². The number of amides is 1. The van der Waals surface area contributed by atoms with E-state index in [1.165, 1.54) is 30.4 Å². The molecule has 32 heavy (non-hydrogen) atoms. The van der Waals surface area contributed by atoms with Gasteiger partial charge in [-0.05, 0) is 44.7 Å². The zero-order chi connectivity index (χ0) is 22.3. The number of benzene rings is 2. The quantitative estimate of drug-likeness (QED) is 0.346. The summed E-state index contributed by atoms with van der Waals surface area (Å²) < 4.78 is 2.15. The standard InChI is InChI=1S/C26H32N4OS/c1-19-14-16-21(17-15-19)25-28-29-26(30(25)23-12-7-6-9-20(23)2)32-18-8-13-24(31)27-22-10-4-3-5-11-22/h6-7,9,12,14-17,22H,3-5,8,10-11,13,18H2,1-2H3,(H,27,31). The summed E-state index contributed by atoms with van der Waals surface area (Å²) in [5.41, 5.74) is 4.53. The molecule has 1 N–H and O–H groups in total. The van der Waals surface area contributed by atoms with Crippen LogP contribution in [-0.2, 0) is 4.79 Å². The number of para-hydroxylation sites is 1. The SMILES string of the molecule is Cc1ccc(-c2nnc(SCCCC(=O)NC3CCCCC3)n2-c2ccccc2C)cc1. The number of hydrogen-bond donors (Lipinski definition) is 1. The molecule has 0 saturated heterocycles. The number of aromatic nitrogens is 3. The minimum Gasteiger partial charge on any atom is -0.353 e. The van der Waals surface area contributed by atoms with E-state index in [0.29, 0.717) is 12.5 Å². The Morgan fingerprint density at radius 3 is 2.53 bits per heavy atom. The van der Waals surface area contributed by atoms with Gasteiger partial charge in [0.15, 0.2) is 11.0 Å². The summed E-state index contributed by atoms with van der Waals surface area (Å²) in [7, 11) is 0. The van der Waals surface area contributed by atoms with Gasteiger partial charge in [0.25, 0.3) is 0 Å². The Balaban J connectivity index is 1.44. The van der Waals surface area contributed by atoms with Crippen molar-refractivity contribution in [2.45, 2.75) is 70.0 Å². The molecule has 168 valence electrons. The molecule has 1 aliphatic rings. The molecule has 1 fully saturated rings. The highest BCUT2D eigenvalue weighted by Gasteiger charge is 2.18. The highest BCUT2D eigenvalue weighted by molar-refractivity contribution is 7.99. The van der Waals surface area contributed by atoms with Crippen LogP contribution in [0.4, 0.5) is 0 Å². The highest BCUT2D eigenvalue weighted by Crippen LogP contribution is 2.30. The van der Waals surface area contributed by atoms with Gasteiger partial charge < -0.3 is 5.32 Å². The Labute approximate surface area is 195 Å². The van der Waals surface area contributed by atoms with E-state index in [1.807, 2.05) is 12.1 Å². The average molecular weight is 449 g/mol. The maximum atomic E-state index is 12.3. The van der Waals surface area contributed by atoms with Gasteiger partial charge in [0.05, 0.1) is 5.69 Å². The third kappa shape index (κ3) is 5.60. The number of rotatable bonds is 8. The first kappa shape index (κ1) is 22.6. The van der Waals surface area contributed by atoms with Gasteiger partial charge in [0.2, 0.25) is 5.91 Å². The Hall–Kier alpha value is -2.60. The topological polar surface area (TPSA) is 59.8 Å². The van der Waals surface area contributed by atoms with Crippen molar-refractivity contribution in [3.8, 4) is 17.1 Å². The number of hydrogen-bond acceptors (Lipinski definition) is 4. The molecule has 3 aromatic rings. The molecule has 1 heterocycles. The number of nitrogens with zero attached hydrogens (tertiary/aromatic N) is 3. The van der Waals surface area contributed by atoms with Crippen molar-refractivity contribution in [1.29, 1.82) is 0 Å². The number of aryl methyl sites for hydroxylation is 2. The van der Waals surface area contributed by atoms with Crippen LogP contribution in [0.2, 0.25) is 0 Å². The monoisotopic (exact) mass is 448 g/mol. The lowest BCUT2D eigenvalue weighted by Gasteiger charge is -2.22. The molecule has 0 aliphatic heterocycles.